The fourth-order valence-corrected chi connectivity index (χ4v) is 3.50. The smallest absolute Gasteiger partial charge is 0.191 e. The zero-order valence-electron chi connectivity index (χ0n) is 14.6. The largest absolute Gasteiger partial charge is 0.356 e. The van der Waals surface area contributed by atoms with E-state index < -0.39 is 0 Å². The maximum atomic E-state index is 5.81. The number of aliphatic imine (C=N–C) groups is 1. The summed E-state index contributed by atoms with van der Waals surface area (Å²) in [4.78, 5) is 8.44. The van der Waals surface area contributed by atoms with Crippen LogP contribution in [0.15, 0.2) is 47.6 Å². The molecule has 1 unspecified atom stereocenters. The van der Waals surface area contributed by atoms with Crippen molar-refractivity contribution in [2.24, 2.45) is 4.99 Å². The van der Waals surface area contributed by atoms with Crippen LogP contribution in [0.4, 0.5) is 0 Å². The number of pyridine rings is 1. The summed E-state index contributed by atoms with van der Waals surface area (Å²) in [6, 6.07) is 12.6. The Labute approximate surface area is 154 Å². The third-order valence-electron chi connectivity index (χ3n) is 4.73. The van der Waals surface area contributed by atoms with Crippen molar-refractivity contribution in [2.45, 2.75) is 31.6 Å². The Morgan fingerprint density at radius 3 is 2.92 bits per heavy atom. The molecule has 25 heavy (non-hydrogen) atoms. The SMILES string of the molecule is CN=C(NCCc1ccc(Cl)nc1)NCC1CCCc2ccccc21. The van der Waals surface area contributed by atoms with Gasteiger partial charge in [-0.05, 0) is 48.4 Å². The molecule has 3 rings (SSSR count). The van der Waals surface area contributed by atoms with E-state index in [2.05, 4.69) is 44.9 Å². The lowest BCUT2D eigenvalue weighted by atomic mass is 9.83. The summed E-state index contributed by atoms with van der Waals surface area (Å²) in [6.07, 6.45) is 6.40. The second kappa shape index (κ2) is 8.86. The van der Waals surface area contributed by atoms with E-state index >= 15 is 0 Å². The number of hydrogen-bond donors (Lipinski definition) is 2. The minimum atomic E-state index is 0.530. The molecule has 0 fully saturated rings. The highest BCUT2D eigenvalue weighted by Gasteiger charge is 2.19. The zero-order valence-corrected chi connectivity index (χ0v) is 15.4. The van der Waals surface area contributed by atoms with E-state index in [1.165, 1.54) is 30.4 Å². The summed E-state index contributed by atoms with van der Waals surface area (Å²) >= 11 is 5.81. The van der Waals surface area contributed by atoms with Crippen LogP contribution in [0.25, 0.3) is 0 Å². The fraction of sp³-hybridized carbons (Fsp3) is 0.400. The van der Waals surface area contributed by atoms with E-state index in [-0.39, 0.29) is 0 Å². The van der Waals surface area contributed by atoms with Crippen molar-refractivity contribution in [3.8, 4) is 0 Å². The van der Waals surface area contributed by atoms with Gasteiger partial charge in [0.25, 0.3) is 0 Å². The number of benzene rings is 1. The standard InChI is InChI=1S/C20H25ClN4/c1-22-20(23-12-11-15-9-10-19(21)24-13-15)25-14-17-7-4-6-16-5-2-3-8-18(16)17/h2-3,5,8-10,13,17H,4,6-7,11-12,14H2,1H3,(H2,22,23,25). The molecule has 0 spiro atoms. The fourth-order valence-electron chi connectivity index (χ4n) is 3.39. The monoisotopic (exact) mass is 356 g/mol. The number of rotatable bonds is 5. The second-order valence-electron chi connectivity index (χ2n) is 6.41. The molecular weight excluding hydrogens is 332 g/mol. The number of halogens is 1. The van der Waals surface area contributed by atoms with Gasteiger partial charge in [0.2, 0.25) is 0 Å². The van der Waals surface area contributed by atoms with Crippen molar-refractivity contribution >= 4 is 17.6 Å². The molecule has 1 aliphatic carbocycles. The molecule has 1 aromatic carbocycles. The summed E-state index contributed by atoms with van der Waals surface area (Å²) in [6.45, 7) is 1.73. The lowest BCUT2D eigenvalue weighted by Crippen LogP contribution is -2.40. The van der Waals surface area contributed by atoms with Crippen molar-refractivity contribution in [3.63, 3.8) is 0 Å². The number of nitrogens with zero attached hydrogens (tertiary/aromatic N) is 2. The van der Waals surface area contributed by atoms with Crippen LogP contribution in [0.1, 0.15) is 35.4 Å². The highest BCUT2D eigenvalue weighted by Crippen LogP contribution is 2.30. The molecule has 0 amide bonds. The van der Waals surface area contributed by atoms with Gasteiger partial charge in [-0.15, -0.1) is 0 Å². The first kappa shape index (κ1) is 17.7. The Bertz CT molecular complexity index is 712. The van der Waals surface area contributed by atoms with E-state index in [1.54, 1.807) is 0 Å². The molecule has 0 bridgehead atoms. The molecule has 132 valence electrons. The molecule has 1 aromatic heterocycles. The summed E-state index contributed by atoms with van der Waals surface area (Å²) in [5.74, 6) is 1.41. The van der Waals surface area contributed by atoms with Crippen LogP contribution in [0, 0.1) is 0 Å². The number of hydrogen-bond acceptors (Lipinski definition) is 2. The molecule has 1 atom stereocenters. The quantitative estimate of drug-likeness (QED) is 0.489. The van der Waals surface area contributed by atoms with Gasteiger partial charge in [0.1, 0.15) is 5.15 Å². The van der Waals surface area contributed by atoms with Crippen LogP contribution in [0.3, 0.4) is 0 Å². The van der Waals surface area contributed by atoms with Crippen LogP contribution >= 0.6 is 11.6 Å². The normalized spacial score (nSPS) is 17.0. The molecule has 4 nitrogen and oxygen atoms in total. The molecule has 1 aliphatic rings. The number of guanidine groups is 1. The van der Waals surface area contributed by atoms with Crippen molar-refractivity contribution in [1.29, 1.82) is 0 Å². The predicted molar refractivity (Wildman–Crippen MR) is 104 cm³/mol. The summed E-state index contributed by atoms with van der Waals surface area (Å²) in [5.41, 5.74) is 4.15. The third-order valence-corrected chi connectivity index (χ3v) is 4.95. The Morgan fingerprint density at radius 1 is 1.24 bits per heavy atom. The van der Waals surface area contributed by atoms with Gasteiger partial charge in [-0.25, -0.2) is 4.98 Å². The van der Waals surface area contributed by atoms with E-state index in [9.17, 15) is 0 Å². The first-order chi connectivity index (χ1) is 12.3. The van der Waals surface area contributed by atoms with Gasteiger partial charge >= 0.3 is 0 Å². The molecule has 0 saturated carbocycles. The number of aromatic nitrogens is 1. The molecule has 2 aromatic rings. The third kappa shape index (κ3) is 4.95. The molecule has 0 saturated heterocycles. The topological polar surface area (TPSA) is 49.3 Å². The minimum absolute atomic E-state index is 0.530. The predicted octanol–water partition coefficient (Wildman–Crippen LogP) is 3.56. The summed E-state index contributed by atoms with van der Waals surface area (Å²) in [5, 5.41) is 7.38. The molecule has 0 radical (unpaired) electrons. The van der Waals surface area contributed by atoms with Gasteiger partial charge in [-0.2, -0.15) is 0 Å². The average Bonchev–Trinajstić information content (AvgIpc) is 2.66. The highest BCUT2D eigenvalue weighted by atomic mass is 35.5. The first-order valence-corrected chi connectivity index (χ1v) is 9.27. The van der Waals surface area contributed by atoms with Crippen molar-refractivity contribution in [1.82, 2.24) is 15.6 Å². The Balaban J connectivity index is 1.48. The summed E-state index contributed by atoms with van der Waals surface area (Å²) in [7, 11) is 1.81. The zero-order chi connectivity index (χ0) is 17.5. The second-order valence-corrected chi connectivity index (χ2v) is 6.79. The van der Waals surface area contributed by atoms with E-state index in [0.717, 1.165) is 31.0 Å². The van der Waals surface area contributed by atoms with Crippen LogP contribution < -0.4 is 10.6 Å². The van der Waals surface area contributed by atoms with Gasteiger partial charge in [0.15, 0.2) is 5.96 Å². The van der Waals surface area contributed by atoms with Crippen molar-refractivity contribution < 1.29 is 0 Å². The van der Waals surface area contributed by atoms with E-state index in [0.29, 0.717) is 11.1 Å². The van der Waals surface area contributed by atoms with Crippen LogP contribution in [0.2, 0.25) is 5.15 Å². The molecular formula is C20H25ClN4. The van der Waals surface area contributed by atoms with Crippen molar-refractivity contribution in [2.75, 3.05) is 20.1 Å². The van der Waals surface area contributed by atoms with Gasteiger partial charge in [0, 0.05) is 32.3 Å². The highest BCUT2D eigenvalue weighted by molar-refractivity contribution is 6.29. The Hall–Kier alpha value is -2.07. The molecule has 5 heteroatoms. The maximum absolute atomic E-state index is 5.81. The maximum Gasteiger partial charge on any atom is 0.191 e. The van der Waals surface area contributed by atoms with E-state index in [4.69, 9.17) is 11.6 Å². The van der Waals surface area contributed by atoms with Gasteiger partial charge in [0.05, 0.1) is 0 Å². The van der Waals surface area contributed by atoms with Crippen molar-refractivity contribution in [3.05, 3.63) is 64.4 Å². The number of fused-ring (bicyclic) bond motifs is 1. The average molecular weight is 357 g/mol. The first-order valence-electron chi connectivity index (χ1n) is 8.89. The van der Waals surface area contributed by atoms with E-state index in [1.807, 2.05) is 25.4 Å². The van der Waals surface area contributed by atoms with Crippen LogP contribution in [0.5, 0.6) is 0 Å². The van der Waals surface area contributed by atoms with Crippen LogP contribution in [-0.2, 0) is 12.8 Å². The summed E-state index contributed by atoms with van der Waals surface area (Å²) < 4.78 is 0. The van der Waals surface area contributed by atoms with Crippen LogP contribution in [-0.4, -0.2) is 31.1 Å². The van der Waals surface area contributed by atoms with Gasteiger partial charge in [-0.1, -0.05) is 41.9 Å². The molecule has 2 N–H and O–H groups in total. The van der Waals surface area contributed by atoms with Gasteiger partial charge < -0.3 is 10.6 Å². The lowest BCUT2D eigenvalue weighted by molar-refractivity contribution is 0.540. The number of aryl methyl sites for hydroxylation is 1. The minimum Gasteiger partial charge on any atom is -0.356 e. The number of nitrogens with one attached hydrogen (secondary N) is 2. The molecule has 0 aliphatic heterocycles. The Morgan fingerprint density at radius 2 is 2.12 bits per heavy atom. The van der Waals surface area contributed by atoms with Gasteiger partial charge in [-0.3, -0.25) is 4.99 Å². The lowest BCUT2D eigenvalue weighted by Gasteiger charge is -2.26. The Kier molecular flexibility index (Phi) is 6.29. The molecule has 1 heterocycles.